The van der Waals surface area contributed by atoms with E-state index in [2.05, 4.69) is 0 Å². The van der Waals surface area contributed by atoms with Crippen molar-refractivity contribution in [3.8, 4) is 28.7 Å². The zero-order valence-corrected chi connectivity index (χ0v) is 12.2. The topological polar surface area (TPSA) is 101 Å². The first kappa shape index (κ1) is 17.7. The first-order valence-corrected chi connectivity index (χ1v) is 6.68. The highest BCUT2D eigenvalue weighted by Gasteiger charge is 1.90. The van der Waals surface area contributed by atoms with Crippen molar-refractivity contribution in [2.75, 3.05) is 0 Å². The Labute approximate surface area is 134 Å². The molecule has 0 atom stereocenters. The number of benzene rings is 3. The van der Waals surface area contributed by atoms with E-state index in [4.69, 9.17) is 25.5 Å². The van der Waals surface area contributed by atoms with E-state index in [9.17, 15) is 0 Å². The van der Waals surface area contributed by atoms with Gasteiger partial charge in [0.25, 0.3) is 0 Å². The molecular weight excluding hydrogens is 296 g/mol. The maximum absolute atomic E-state index is 8.67. The van der Waals surface area contributed by atoms with E-state index in [0.717, 1.165) is 0 Å². The van der Waals surface area contributed by atoms with Crippen LogP contribution >= 0.6 is 0 Å². The van der Waals surface area contributed by atoms with Crippen molar-refractivity contribution in [3.63, 3.8) is 0 Å². The molecule has 0 saturated heterocycles. The van der Waals surface area contributed by atoms with Gasteiger partial charge in [-0.1, -0.05) is 36.4 Å². The predicted molar refractivity (Wildman–Crippen MR) is 87.7 cm³/mol. The highest BCUT2D eigenvalue weighted by atomic mass is 16.3. The van der Waals surface area contributed by atoms with Crippen molar-refractivity contribution in [2.45, 2.75) is 0 Å². The Morgan fingerprint density at radius 3 is 1.04 bits per heavy atom. The molecule has 0 aliphatic carbocycles. The smallest absolute Gasteiger partial charge is 0.157 e. The molecule has 0 saturated carbocycles. The minimum absolute atomic E-state index is 0.0764. The molecular formula is C18H18O5. The molecule has 0 aliphatic rings. The number of hydrogen-bond donors (Lipinski definition) is 5. The first-order valence-electron chi connectivity index (χ1n) is 6.68. The van der Waals surface area contributed by atoms with Crippen LogP contribution in [0, 0.1) is 0 Å². The van der Waals surface area contributed by atoms with Gasteiger partial charge in [-0.3, -0.25) is 0 Å². The molecule has 23 heavy (non-hydrogen) atoms. The summed E-state index contributed by atoms with van der Waals surface area (Å²) in [7, 11) is 0. The van der Waals surface area contributed by atoms with Crippen LogP contribution in [0.5, 0.6) is 28.7 Å². The van der Waals surface area contributed by atoms with Gasteiger partial charge in [0.15, 0.2) is 11.5 Å². The van der Waals surface area contributed by atoms with Crippen LogP contribution in [-0.2, 0) is 0 Å². The minimum Gasteiger partial charge on any atom is -0.508 e. The van der Waals surface area contributed by atoms with Crippen molar-refractivity contribution >= 4 is 0 Å². The lowest BCUT2D eigenvalue weighted by atomic mass is 10.3. The Morgan fingerprint density at radius 2 is 0.783 bits per heavy atom. The number of aromatic hydroxyl groups is 5. The van der Waals surface area contributed by atoms with Gasteiger partial charge in [-0.05, 0) is 36.4 Å². The van der Waals surface area contributed by atoms with Gasteiger partial charge in [-0.15, -0.1) is 0 Å². The van der Waals surface area contributed by atoms with Gasteiger partial charge in [0.1, 0.15) is 17.2 Å². The van der Waals surface area contributed by atoms with Crippen LogP contribution in [-0.4, -0.2) is 25.5 Å². The summed E-state index contributed by atoms with van der Waals surface area (Å²) in [5.74, 6) is 0.345. The summed E-state index contributed by atoms with van der Waals surface area (Å²) in [5, 5.41) is 43.3. The number of hydrogen-bond acceptors (Lipinski definition) is 5. The number of phenols is 5. The lowest BCUT2D eigenvalue weighted by Gasteiger charge is -1.91. The molecule has 5 N–H and O–H groups in total. The van der Waals surface area contributed by atoms with E-state index in [-0.39, 0.29) is 23.0 Å². The Kier molecular flexibility index (Phi) is 7.37. The van der Waals surface area contributed by atoms with Crippen molar-refractivity contribution < 1.29 is 25.5 Å². The molecule has 0 fully saturated rings. The van der Waals surface area contributed by atoms with E-state index in [0.29, 0.717) is 5.75 Å². The standard InChI is InChI=1S/2C6H6O2.C6H6O/c7-5-2-1-3-6(8)4-5;7-5-3-1-2-4-6(5)8;7-6-4-2-1-3-5-6/h2*1-4,7-8H;1-5,7H. The zero-order chi connectivity index (χ0) is 17.1. The molecule has 0 heterocycles. The van der Waals surface area contributed by atoms with Gasteiger partial charge < -0.3 is 25.5 Å². The molecule has 0 unspecified atom stereocenters. The van der Waals surface area contributed by atoms with E-state index < -0.39 is 0 Å². The summed E-state index contributed by atoms with van der Waals surface area (Å²) in [6.45, 7) is 0. The van der Waals surface area contributed by atoms with Crippen molar-refractivity contribution in [1.82, 2.24) is 0 Å². The lowest BCUT2D eigenvalue weighted by Crippen LogP contribution is -1.63. The molecule has 0 amide bonds. The predicted octanol–water partition coefficient (Wildman–Crippen LogP) is 3.59. The Morgan fingerprint density at radius 1 is 0.391 bits per heavy atom. The zero-order valence-electron chi connectivity index (χ0n) is 12.2. The highest BCUT2D eigenvalue weighted by molar-refractivity contribution is 5.36. The normalized spacial score (nSPS) is 8.87. The lowest BCUT2D eigenvalue weighted by molar-refractivity contribution is 0.404. The van der Waals surface area contributed by atoms with Gasteiger partial charge in [-0.2, -0.15) is 0 Å². The Balaban J connectivity index is 0.000000173. The summed E-state index contributed by atoms with van der Waals surface area (Å²) >= 11 is 0. The fourth-order valence-electron chi connectivity index (χ4n) is 1.39. The molecule has 3 aromatic carbocycles. The van der Waals surface area contributed by atoms with Crippen LogP contribution in [0.4, 0.5) is 0 Å². The van der Waals surface area contributed by atoms with Crippen LogP contribution in [0.1, 0.15) is 0 Å². The molecule has 3 aromatic rings. The number of para-hydroxylation sites is 3. The summed E-state index contributed by atoms with van der Waals surface area (Å²) in [5.41, 5.74) is 0. The fourth-order valence-corrected chi connectivity index (χ4v) is 1.39. The molecule has 5 nitrogen and oxygen atoms in total. The highest BCUT2D eigenvalue weighted by Crippen LogP contribution is 2.21. The van der Waals surface area contributed by atoms with Crippen LogP contribution in [0.25, 0.3) is 0 Å². The van der Waals surface area contributed by atoms with E-state index in [1.165, 1.54) is 30.3 Å². The quantitative estimate of drug-likeness (QED) is 0.408. The van der Waals surface area contributed by atoms with Crippen LogP contribution < -0.4 is 0 Å². The van der Waals surface area contributed by atoms with Crippen LogP contribution in [0.2, 0.25) is 0 Å². The van der Waals surface area contributed by atoms with Gasteiger partial charge in [-0.25, -0.2) is 0 Å². The third-order valence-corrected chi connectivity index (χ3v) is 2.47. The van der Waals surface area contributed by atoms with Gasteiger partial charge in [0, 0.05) is 6.07 Å². The molecule has 120 valence electrons. The SMILES string of the molecule is Oc1cccc(O)c1.Oc1ccccc1.Oc1ccccc1O. The second-order valence-electron chi connectivity index (χ2n) is 4.34. The molecule has 3 rings (SSSR count). The Bertz CT molecular complexity index is 660. The van der Waals surface area contributed by atoms with Crippen molar-refractivity contribution in [2.24, 2.45) is 0 Å². The average Bonchev–Trinajstić information content (AvgIpc) is 2.52. The maximum Gasteiger partial charge on any atom is 0.157 e. The monoisotopic (exact) mass is 314 g/mol. The maximum atomic E-state index is 8.67. The molecule has 5 heteroatoms. The molecule has 0 aromatic heterocycles. The number of phenolic OH excluding ortho intramolecular Hbond substituents is 5. The summed E-state index contributed by atoms with van der Waals surface area (Å²) in [4.78, 5) is 0. The Hall–Kier alpha value is -3.34. The van der Waals surface area contributed by atoms with Crippen LogP contribution in [0.15, 0.2) is 78.9 Å². The second kappa shape index (κ2) is 9.57. The van der Waals surface area contributed by atoms with Gasteiger partial charge in [0.2, 0.25) is 0 Å². The average molecular weight is 314 g/mol. The first-order chi connectivity index (χ1) is 11.0. The van der Waals surface area contributed by atoms with Crippen molar-refractivity contribution in [1.29, 1.82) is 0 Å². The van der Waals surface area contributed by atoms with E-state index >= 15 is 0 Å². The third kappa shape index (κ3) is 7.87. The van der Waals surface area contributed by atoms with Gasteiger partial charge in [0.05, 0.1) is 0 Å². The molecule has 0 aliphatic heterocycles. The summed E-state index contributed by atoms with van der Waals surface area (Å²) in [6.07, 6.45) is 0. The fraction of sp³-hybridized carbons (Fsp3) is 0. The van der Waals surface area contributed by atoms with Crippen molar-refractivity contribution in [3.05, 3.63) is 78.9 Å². The van der Waals surface area contributed by atoms with Gasteiger partial charge >= 0.3 is 0 Å². The molecule has 0 bridgehead atoms. The van der Waals surface area contributed by atoms with E-state index in [1.54, 1.807) is 42.5 Å². The minimum atomic E-state index is -0.0764. The second-order valence-corrected chi connectivity index (χ2v) is 4.34. The van der Waals surface area contributed by atoms with Crippen LogP contribution in [0.3, 0.4) is 0 Å². The molecule has 0 spiro atoms. The third-order valence-electron chi connectivity index (χ3n) is 2.47. The van der Waals surface area contributed by atoms with E-state index in [1.807, 2.05) is 6.07 Å². The largest absolute Gasteiger partial charge is 0.508 e. The summed E-state index contributed by atoms with van der Waals surface area (Å²) in [6, 6.07) is 20.7. The molecule has 0 radical (unpaired) electrons. The number of rotatable bonds is 0. The summed E-state index contributed by atoms with van der Waals surface area (Å²) < 4.78 is 0.